The smallest absolute Gasteiger partial charge is 0.387 e. The van der Waals surface area contributed by atoms with E-state index in [1.165, 1.54) is 16.4 Å². The summed E-state index contributed by atoms with van der Waals surface area (Å²) in [6, 6.07) is 14.3. The number of piperidine rings is 1. The van der Waals surface area contributed by atoms with Gasteiger partial charge in [0.2, 0.25) is 15.9 Å². The Morgan fingerprint density at radius 1 is 1.09 bits per heavy atom. The molecule has 9 heteroatoms. The third-order valence-corrected chi connectivity index (χ3v) is 8.30. The van der Waals surface area contributed by atoms with Crippen molar-refractivity contribution in [2.45, 2.75) is 51.2 Å². The molecule has 6 nitrogen and oxygen atoms in total. The van der Waals surface area contributed by atoms with Gasteiger partial charge in [0, 0.05) is 25.6 Å². The van der Waals surface area contributed by atoms with E-state index in [9.17, 15) is 22.0 Å². The molecule has 2 aromatic carbocycles. The van der Waals surface area contributed by atoms with E-state index in [1.54, 1.807) is 12.1 Å². The number of amides is 1. The number of halogens is 2. The quantitative estimate of drug-likeness (QED) is 0.604. The van der Waals surface area contributed by atoms with Crippen molar-refractivity contribution < 1.29 is 26.7 Å². The minimum Gasteiger partial charge on any atom is -0.435 e. The van der Waals surface area contributed by atoms with Crippen LogP contribution in [-0.4, -0.2) is 44.4 Å². The van der Waals surface area contributed by atoms with Gasteiger partial charge in [-0.05, 0) is 67.0 Å². The standard InChI is InChI=1S/C25H28F2N2O4S/c26-25(27)33-22-9-7-20-17-23(10-8-19(20)16-22)34(31,32)29-14-12-21(13-15-29)28-24(30)11-6-18-4-2-1-3-5-18/h1-5,7,9,16-17,21,25H,6,8,10-15H2,(H,28,30). The number of nitrogens with one attached hydrogen (secondary N) is 1. The summed E-state index contributed by atoms with van der Waals surface area (Å²) in [4.78, 5) is 12.6. The minimum atomic E-state index is -3.62. The first-order valence-corrected chi connectivity index (χ1v) is 12.9. The van der Waals surface area contributed by atoms with Crippen LogP contribution in [0, 0.1) is 0 Å². The second kappa shape index (κ2) is 10.7. The molecule has 0 spiro atoms. The van der Waals surface area contributed by atoms with E-state index in [0.717, 1.165) is 11.1 Å². The van der Waals surface area contributed by atoms with Crippen LogP contribution in [0.5, 0.6) is 5.75 Å². The van der Waals surface area contributed by atoms with E-state index in [0.29, 0.717) is 62.1 Å². The maximum absolute atomic E-state index is 13.2. The third-order valence-electron chi connectivity index (χ3n) is 6.27. The Morgan fingerprint density at radius 3 is 2.53 bits per heavy atom. The SMILES string of the molecule is O=C(CCc1ccccc1)NC1CCN(S(=O)(=O)C2=Cc3ccc(OC(F)F)cc3CC2)CC1. The van der Waals surface area contributed by atoms with E-state index in [-0.39, 0.29) is 17.7 Å². The molecular weight excluding hydrogens is 462 g/mol. The zero-order valence-electron chi connectivity index (χ0n) is 18.8. The van der Waals surface area contributed by atoms with Gasteiger partial charge in [-0.3, -0.25) is 4.79 Å². The summed E-state index contributed by atoms with van der Waals surface area (Å²) in [6.07, 6.45) is 4.57. The zero-order valence-corrected chi connectivity index (χ0v) is 19.6. The van der Waals surface area contributed by atoms with Gasteiger partial charge in [0.15, 0.2) is 0 Å². The molecule has 1 aliphatic carbocycles. The van der Waals surface area contributed by atoms with Crippen LogP contribution in [0.4, 0.5) is 8.78 Å². The van der Waals surface area contributed by atoms with Gasteiger partial charge in [0.25, 0.3) is 0 Å². The molecule has 0 bridgehead atoms. The normalized spacial score (nSPS) is 17.2. The highest BCUT2D eigenvalue weighted by Crippen LogP contribution is 2.32. The van der Waals surface area contributed by atoms with Gasteiger partial charge in [0.05, 0.1) is 4.91 Å². The van der Waals surface area contributed by atoms with E-state index in [2.05, 4.69) is 10.1 Å². The Labute approximate surface area is 198 Å². The van der Waals surface area contributed by atoms with Crippen molar-refractivity contribution in [3.63, 3.8) is 0 Å². The molecule has 1 amide bonds. The first-order valence-electron chi connectivity index (χ1n) is 11.4. The van der Waals surface area contributed by atoms with Crippen molar-refractivity contribution in [3.8, 4) is 5.75 Å². The van der Waals surface area contributed by atoms with Crippen molar-refractivity contribution >= 4 is 22.0 Å². The number of fused-ring (bicyclic) bond motifs is 1. The number of sulfonamides is 1. The highest BCUT2D eigenvalue weighted by molar-refractivity contribution is 7.93. The summed E-state index contributed by atoms with van der Waals surface area (Å²) in [6.45, 7) is -2.21. The first-order chi connectivity index (χ1) is 16.3. The molecule has 1 fully saturated rings. The average molecular weight is 491 g/mol. The number of allylic oxidation sites excluding steroid dienone is 1. The van der Waals surface area contributed by atoms with E-state index < -0.39 is 16.6 Å². The van der Waals surface area contributed by atoms with Crippen molar-refractivity contribution in [3.05, 3.63) is 70.1 Å². The predicted octanol–water partition coefficient (Wildman–Crippen LogP) is 4.12. The monoisotopic (exact) mass is 490 g/mol. The van der Waals surface area contributed by atoms with E-state index in [1.807, 2.05) is 30.3 Å². The molecule has 182 valence electrons. The van der Waals surface area contributed by atoms with Crippen LogP contribution in [0.15, 0.2) is 53.4 Å². The Hall–Kier alpha value is -2.78. The average Bonchev–Trinajstić information content (AvgIpc) is 2.83. The van der Waals surface area contributed by atoms with Crippen LogP contribution in [0.2, 0.25) is 0 Å². The van der Waals surface area contributed by atoms with Gasteiger partial charge in [-0.15, -0.1) is 0 Å². The number of carbonyl (C=O) groups excluding carboxylic acids is 1. The Balaban J connectivity index is 1.31. The number of nitrogens with zero attached hydrogens (tertiary/aromatic N) is 1. The minimum absolute atomic E-state index is 0.0213. The summed E-state index contributed by atoms with van der Waals surface area (Å²) in [5.41, 5.74) is 2.60. The number of ether oxygens (including phenoxy) is 1. The first kappa shape index (κ1) is 24.3. The fourth-order valence-electron chi connectivity index (χ4n) is 4.43. The molecule has 1 saturated heterocycles. The molecule has 0 atom stereocenters. The van der Waals surface area contributed by atoms with Crippen LogP contribution in [-0.2, 0) is 27.7 Å². The van der Waals surface area contributed by atoms with Gasteiger partial charge in [-0.25, -0.2) is 8.42 Å². The van der Waals surface area contributed by atoms with Crippen LogP contribution in [0.3, 0.4) is 0 Å². The summed E-state index contributed by atoms with van der Waals surface area (Å²) in [5.74, 6) is 0.0493. The van der Waals surface area contributed by atoms with Crippen molar-refractivity contribution in [1.29, 1.82) is 0 Å². The lowest BCUT2D eigenvalue weighted by Crippen LogP contribution is -2.46. The van der Waals surface area contributed by atoms with Gasteiger partial charge in [-0.2, -0.15) is 13.1 Å². The second-order valence-electron chi connectivity index (χ2n) is 8.58. The van der Waals surface area contributed by atoms with Gasteiger partial charge in [-0.1, -0.05) is 36.4 Å². The van der Waals surface area contributed by atoms with Crippen LogP contribution < -0.4 is 10.1 Å². The van der Waals surface area contributed by atoms with Crippen LogP contribution in [0.25, 0.3) is 6.08 Å². The van der Waals surface area contributed by atoms with Gasteiger partial charge in [0.1, 0.15) is 5.75 Å². The molecule has 2 aliphatic rings. The molecule has 0 aromatic heterocycles. The molecule has 0 saturated carbocycles. The Morgan fingerprint density at radius 2 is 1.82 bits per heavy atom. The van der Waals surface area contributed by atoms with Crippen LogP contribution >= 0.6 is 0 Å². The molecule has 0 radical (unpaired) electrons. The lowest BCUT2D eigenvalue weighted by Gasteiger charge is -2.33. The number of alkyl halides is 2. The number of aryl methyl sites for hydroxylation is 2. The fourth-order valence-corrected chi connectivity index (χ4v) is 6.09. The third kappa shape index (κ3) is 6.01. The number of carbonyl (C=O) groups is 1. The number of rotatable bonds is 8. The zero-order chi connectivity index (χ0) is 24.1. The number of hydrogen-bond acceptors (Lipinski definition) is 4. The van der Waals surface area contributed by atoms with Crippen molar-refractivity contribution in [1.82, 2.24) is 9.62 Å². The predicted molar refractivity (Wildman–Crippen MR) is 126 cm³/mol. The lowest BCUT2D eigenvalue weighted by molar-refractivity contribution is -0.122. The summed E-state index contributed by atoms with van der Waals surface area (Å²) < 4.78 is 57.2. The van der Waals surface area contributed by atoms with Crippen LogP contribution in [0.1, 0.15) is 42.4 Å². The summed E-state index contributed by atoms with van der Waals surface area (Å²) >= 11 is 0. The van der Waals surface area contributed by atoms with E-state index >= 15 is 0 Å². The lowest BCUT2D eigenvalue weighted by atomic mass is 9.97. The molecule has 2 aromatic rings. The number of hydrogen-bond donors (Lipinski definition) is 1. The highest BCUT2D eigenvalue weighted by atomic mass is 32.2. The van der Waals surface area contributed by atoms with Gasteiger partial charge < -0.3 is 10.1 Å². The molecule has 34 heavy (non-hydrogen) atoms. The molecule has 1 N–H and O–H groups in total. The molecular formula is C25H28F2N2O4S. The maximum Gasteiger partial charge on any atom is 0.387 e. The summed E-state index contributed by atoms with van der Waals surface area (Å²) in [7, 11) is -3.62. The summed E-state index contributed by atoms with van der Waals surface area (Å²) in [5, 5.41) is 3.03. The van der Waals surface area contributed by atoms with Crippen molar-refractivity contribution in [2.24, 2.45) is 0 Å². The molecule has 1 heterocycles. The topological polar surface area (TPSA) is 75.7 Å². The highest BCUT2D eigenvalue weighted by Gasteiger charge is 2.32. The fraction of sp³-hybridized carbons (Fsp3) is 0.400. The largest absolute Gasteiger partial charge is 0.435 e. The Bertz CT molecular complexity index is 1140. The molecule has 1 aliphatic heterocycles. The van der Waals surface area contributed by atoms with E-state index in [4.69, 9.17) is 0 Å². The van der Waals surface area contributed by atoms with Gasteiger partial charge >= 0.3 is 6.61 Å². The van der Waals surface area contributed by atoms with Crippen molar-refractivity contribution in [2.75, 3.05) is 13.1 Å². The second-order valence-corrected chi connectivity index (χ2v) is 10.6. The maximum atomic E-state index is 13.2. The Kier molecular flexibility index (Phi) is 7.63. The molecule has 0 unspecified atom stereocenters. The number of benzene rings is 2. The molecule has 4 rings (SSSR count).